The third-order valence-electron chi connectivity index (χ3n) is 6.99. The van der Waals surface area contributed by atoms with E-state index in [1.165, 1.54) is 49.0 Å². The summed E-state index contributed by atoms with van der Waals surface area (Å²) in [7, 11) is 0. The number of rotatable bonds is 6. The fourth-order valence-corrected chi connectivity index (χ4v) is 7.23. The Labute approximate surface area is 165 Å². The predicted octanol–water partition coefficient (Wildman–Crippen LogP) is 3.49. The van der Waals surface area contributed by atoms with Crippen LogP contribution in [0, 0.1) is 17.8 Å². The minimum absolute atomic E-state index is 0.116. The molecule has 4 bridgehead atoms. The molecule has 6 rings (SSSR count). The van der Waals surface area contributed by atoms with Crippen LogP contribution in [0.2, 0.25) is 0 Å². The van der Waals surface area contributed by atoms with Gasteiger partial charge < -0.3 is 10.6 Å². The molecule has 4 saturated carbocycles. The van der Waals surface area contributed by atoms with Crippen molar-refractivity contribution >= 4 is 17.2 Å². The van der Waals surface area contributed by atoms with Gasteiger partial charge >= 0.3 is 0 Å². The Morgan fingerprint density at radius 2 is 1.70 bits per heavy atom. The van der Waals surface area contributed by atoms with Crippen molar-refractivity contribution in [3.8, 4) is 0 Å². The van der Waals surface area contributed by atoms with Crippen LogP contribution in [0.3, 0.4) is 0 Å². The largest absolute Gasteiger partial charge is 0.346 e. The summed E-state index contributed by atoms with van der Waals surface area (Å²) in [5.74, 6) is 2.81. The molecule has 0 spiro atoms. The van der Waals surface area contributed by atoms with Crippen LogP contribution < -0.4 is 10.6 Å². The Balaban J connectivity index is 1.25. The van der Waals surface area contributed by atoms with Gasteiger partial charge in [-0.1, -0.05) is 36.4 Å². The van der Waals surface area contributed by atoms with Gasteiger partial charge in [-0.25, -0.2) is 0 Å². The molecule has 4 fully saturated rings. The maximum atomic E-state index is 12.9. The number of hydrogen-bond donors (Lipinski definition) is 2. The Morgan fingerprint density at radius 1 is 1.04 bits per heavy atom. The van der Waals surface area contributed by atoms with E-state index in [4.69, 9.17) is 0 Å². The molecule has 4 heteroatoms. The number of nitrogens with one attached hydrogen (secondary N) is 1. The molecule has 1 aromatic carbocycles. The van der Waals surface area contributed by atoms with E-state index in [0.717, 1.165) is 17.8 Å². The second-order valence-corrected chi connectivity index (χ2v) is 10.1. The van der Waals surface area contributed by atoms with Gasteiger partial charge in [0, 0.05) is 11.1 Å². The van der Waals surface area contributed by atoms with Gasteiger partial charge in [0.25, 0.3) is 5.91 Å². The maximum Gasteiger partial charge on any atom is 0.275 e. The van der Waals surface area contributed by atoms with Crippen LogP contribution in [0.25, 0.3) is 0 Å². The number of thiophene rings is 1. The lowest BCUT2D eigenvalue weighted by molar-refractivity contribution is -0.676. The van der Waals surface area contributed by atoms with Crippen molar-refractivity contribution in [2.45, 2.75) is 50.1 Å². The van der Waals surface area contributed by atoms with Crippen molar-refractivity contribution in [3.05, 3.63) is 58.3 Å². The molecular formula is C23H29N2OS+. The van der Waals surface area contributed by atoms with E-state index in [1.54, 1.807) is 11.3 Å². The topological polar surface area (TPSA) is 45.7 Å². The fourth-order valence-electron chi connectivity index (χ4n) is 6.38. The zero-order valence-corrected chi connectivity index (χ0v) is 16.6. The predicted molar refractivity (Wildman–Crippen MR) is 108 cm³/mol. The first-order chi connectivity index (χ1) is 13.2. The smallest absolute Gasteiger partial charge is 0.275 e. The number of benzene rings is 1. The summed E-state index contributed by atoms with van der Waals surface area (Å²) in [6.07, 6.45) is 7.90. The molecule has 1 heterocycles. The van der Waals surface area contributed by atoms with E-state index in [-0.39, 0.29) is 17.5 Å². The first-order valence-electron chi connectivity index (χ1n) is 10.4. The molecule has 0 unspecified atom stereocenters. The molecule has 142 valence electrons. The summed E-state index contributed by atoms with van der Waals surface area (Å²) in [4.78, 5) is 14.2. The summed E-state index contributed by atoms with van der Waals surface area (Å²) in [5.41, 5.74) is 1.38. The molecule has 0 aliphatic heterocycles. The van der Waals surface area contributed by atoms with Crippen molar-refractivity contribution in [1.29, 1.82) is 0 Å². The monoisotopic (exact) mass is 381 g/mol. The molecule has 4 aliphatic rings. The third-order valence-corrected chi connectivity index (χ3v) is 7.95. The van der Waals surface area contributed by atoms with Crippen LogP contribution in [-0.4, -0.2) is 18.0 Å². The highest BCUT2D eigenvalue weighted by Gasteiger charge is 2.51. The van der Waals surface area contributed by atoms with Crippen LogP contribution in [0.5, 0.6) is 0 Å². The van der Waals surface area contributed by atoms with Crippen molar-refractivity contribution in [1.82, 2.24) is 5.32 Å². The number of quaternary nitrogens is 1. The van der Waals surface area contributed by atoms with E-state index in [2.05, 4.69) is 58.5 Å². The number of carbonyl (C=O) groups is 1. The minimum Gasteiger partial charge on any atom is -0.346 e. The normalized spacial score (nSPS) is 32.4. The highest BCUT2D eigenvalue weighted by Crippen LogP contribution is 2.55. The molecule has 1 amide bonds. The van der Waals surface area contributed by atoms with Crippen LogP contribution >= 0.6 is 11.3 Å². The number of nitrogens with two attached hydrogens (primary N) is 1. The van der Waals surface area contributed by atoms with E-state index in [1.807, 2.05) is 0 Å². The van der Waals surface area contributed by atoms with E-state index < -0.39 is 0 Å². The summed E-state index contributed by atoms with van der Waals surface area (Å²) in [6.45, 7) is 0.499. The average molecular weight is 382 g/mol. The Bertz CT molecular complexity index is 751. The average Bonchev–Trinajstić information content (AvgIpc) is 3.15. The summed E-state index contributed by atoms with van der Waals surface area (Å²) >= 11 is 1.77. The van der Waals surface area contributed by atoms with Crippen molar-refractivity contribution in [2.75, 3.05) is 6.54 Å². The van der Waals surface area contributed by atoms with E-state index >= 15 is 0 Å². The maximum absolute atomic E-state index is 12.9. The molecule has 0 radical (unpaired) electrons. The molecule has 1 aromatic heterocycles. The molecule has 27 heavy (non-hydrogen) atoms. The van der Waals surface area contributed by atoms with Gasteiger partial charge in [-0.3, -0.25) is 4.79 Å². The summed E-state index contributed by atoms with van der Waals surface area (Å²) in [6, 6.07) is 15.0. The van der Waals surface area contributed by atoms with Crippen LogP contribution in [0.15, 0.2) is 47.8 Å². The van der Waals surface area contributed by atoms with Gasteiger partial charge in [-0.05, 0) is 67.7 Å². The highest BCUT2D eigenvalue weighted by molar-refractivity contribution is 7.10. The number of carbonyl (C=O) groups excluding carboxylic acids is 1. The second-order valence-electron chi connectivity index (χ2n) is 9.09. The molecule has 1 atom stereocenters. The van der Waals surface area contributed by atoms with Crippen molar-refractivity contribution in [2.24, 2.45) is 17.8 Å². The Morgan fingerprint density at radius 3 is 2.30 bits per heavy atom. The number of hydrogen-bond acceptors (Lipinski definition) is 2. The van der Waals surface area contributed by atoms with Gasteiger partial charge in [-0.15, -0.1) is 11.3 Å². The Kier molecular flexibility index (Phi) is 4.57. The number of amides is 1. The fraction of sp³-hybridized carbons (Fsp3) is 0.522. The Hall–Kier alpha value is -1.65. The first kappa shape index (κ1) is 17.4. The van der Waals surface area contributed by atoms with Crippen LogP contribution in [0.1, 0.15) is 55.0 Å². The molecule has 3 nitrogen and oxygen atoms in total. The van der Waals surface area contributed by atoms with Gasteiger partial charge in [0.2, 0.25) is 0 Å². The van der Waals surface area contributed by atoms with E-state index in [9.17, 15) is 4.79 Å². The third kappa shape index (κ3) is 3.57. The molecule has 4 aliphatic carbocycles. The minimum atomic E-state index is 0.116. The van der Waals surface area contributed by atoms with Crippen LogP contribution in [0.4, 0.5) is 0 Å². The second kappa shape index (κ2) is 7.06. The van der Waals surface area contributed by atoms with Gasteiger partial charge in [-0.2, -0.15) is 0 Å². The lowest BCUT2D eigenvalue weighted by atomic mass is 9.53. The molecule has 0 saturated heterocycles. The molecule has 2 aromatic rings. The van der Waals surface area contributed by atoms with Gasteiger partial charge in [0.1, 0.15) is 6.04 Å². The highest BCUT2D eigenvalue weighted by atomic mass is 32.1. The molecule has 3 N–H and O–H groups in total. The van der Waals surface area contributed by atoms with Gasteiger partial charge in [0.05, 0.1) is 4.88 Å². The van der Waals surface area contributed by atoms with Crippen LogP contribution in [-0.2, 0) is 4.79 Å². The quantitative estimate of drug-likeness (QED) is 0.791. The SMILES string of the molecule is O=C(C[NH2+][C@H](c1ccccc1)c1cccs1)NC12CC3CC(CC(C3)C1)C2. The molecular weight excluding hydrogens is 352 g/mol. The standard InChI is InChI=1S/C23H28N2OS/c26-21(25-23-12-16-9-17(13-23)11-18(10-16)14-23)15-24-22(20-7-4-8-27-20)19-5-2-1-3-6-19/h1-8,16-18,22,24H,9-15H2,(H,25,26)/p+1/t16?,17?,18?,22-,23?/m1/s1. The van der Waals surface area contributed by atoms with Crippen molar-refractivity contribution < 1.29 is 10.1 Å². The van der Waals surface area contributed by atoms with Crippen molar-refractivity contribution in [3.63, 3.8) is 0 Å². The van der Waals surface area contributed by atoms with E-state index in [0.29, 0.717) is 6.54 Å². The lowest BCUT2D eigenvalue weighted by Gasteiger charge is -2.56. The summed E-state index contributed by atoms with van der Waals surface area (Å²) in [5, 5.41) is 7.83. The summed E-state index contributed by atoms with van der Waals surface area (Å²) < 4.78 is 0. The zero-order chi connectivity index (χ0) is 18.3. The van der Waals surface area contributed by atoms with Gasteiger partial charge in [0.15, 0.2) is 6.54 Å². The zero-order valence-electron chi connectivity index (χ0n) is 15.8. The lowest BCUT2D eigenvalue weighted by Crippen LogP contribution is -2.88. The first-order valence-corrected chi connectivity index (χ1v) is 11.3.